The number of benzene rings is 1. The molecule has 0 radical (unpaired) electrons. The fourth-order valence-electron chi connectivity index (χ4n) is 1.81. The molecule has 0 fully saturated rings. The van der Waals surface area contributed by atoms with Crippen LogP contribution >= 0.6 is 31.9 Å². The van der Waals surface area contributed by atoms with E-state index >= 15 is 0 Å². The van der Waals surface area contributed by atoms with Crippen LogP contribution in [0.15, 0.2) is 43.9 Å². The van der Waals surface area contributed by atoms with Gasteiger partial charge in [-0.15, -0.1) is 0 Å². The average molecular weight is 389 g/mol. The Morgan fingerprint density at radius 3 is 2.58 bits per heavy atom. The van der Waals surface area contributed by atoms with Crippen molar-refractivity contribution in [2.24, 2.45) is 0 Å². The number of hydrogen-bond acceptors (Lipinski definition) is 3. The molecule has 1 heterocycles. The summed E-state index contributed by atoms with van der Waals surface area (Å²) in [5.41, 5.74) is 1.19. The third kappa shape index (κ3) is 4.09. The third-order valence-electron chi connectivity index (χ3n) is 2.72. The summed E-state index contributed by atoms with van der Waals surface area (Å²) in [7, 11) is 1.66. The topological polar surface area (TPSA) is 34.4 Å². The molecule has 19 heavy (non-hydrogen) atoms. The monoisotopic (exact) mass is 387 g/mol. The third-order valence-corrected chi connectivity index (χ3v) is 3.90. The number of furan rings is 1. The Bertz CT molecular complexity index is 503. The lowest BCUT2D eigenvalue weighted by Gasteiger charge is -2.10. The van der Waals surface area contributed by atoms with E-state index in [1.54, 1.807) is 13.4 Å². The number of ether oxygens (including phenoxy) is 1. The SMILES string of the molecule is COc1c(Br)cc(CNCCc2ccco2)cc1Br. The highest BCUT2D eigenvalue weighted by atomic mass is 79.9. The molecule has 0 saturated heterocycles. The van der Waals surface area contributed by atoms with Crippen molar-refractivity contribution in [3.05, 3.63) is 50.8 Å². The molecule has 0 saturated carbocycles. The molecular weight excluding hydrogens is 374 g/mol. The van der Waals surface area contributed by atoms with E-state index < -0.39 is 0 Å². The molecule has 0 bridgehead atoms. The lowest BCUT2D eigenvalue weighted by Crippen LogP contribution is -2.16. The van der Waals surface area contributed by atoms with Crippen molar-refractivity contribution in [1.29, 1.82) is 0 Å². The molecule has 0 amide bonds. The molecule has 102 valence electrons. The van der Waals surface area contributed by atoms with Crippen LogP contribution < -0.4 is 10.1 Å². The highest BCUT2D eigenvalue weighted by Gasteiger charge is 2.07. The average Bonchev–Trinajstić information content (AvgIpc) is 2.87. The van der Waals surface area contributed by atoms with E-state index in [2.05, 4.69) is 49.3 Å². The first kappa shape index (κ1) is 14.6. The number of nitrogens with one attached hydrogen (secondary N) is 1. The predicted molar refractivity (Wildman–Crippen MR) is 82.5 cm³/mol. The Labute approximate surface area is 129 Å². The second kappa shape index (κ2) is 7.12. The van der Waals surface area contributed by atoms with Gasteiger partial charge in [-0.2, -0.15) is 0 Å². The van der Waals surface area contributed by atoms with Crippen LogP contribution in [0.4, 0.5) is 0 Å². The Hall–Kier alpha value is -0.780. The molecule has 5 heteroatoms. The molecular formula is C14H15Br2NO2. The summed E-state index contributed by atoms with van der Waals surface area (Å²) in [4.78, 5) is 0. The lowest BCUT2D eigenvalue weighted by atomic mass is 10.2. The second-order valence-corrected chi connectivity index (χ2v) is 5.81. The van der Waals surface area contributed by atoms with Gasteiger partial charge in [0.1, 0.15) is 11.5 Å². The van der Waals surface area contributed by atoms with Crippen molar-refractivity contribution in [1.82, 2.24) is 5.32 Å². The fourth-order valence-corrected chi connectivity index (χ4v) is 3.41. The first-order valence-corrected chi connectivity index (χ1v) is 7.54. The van der Waals surface area contributed by atoms with Crippen molar-refractivity contribution in [2.75, 3.05) is 13.7 Å². The van der Waals surface area contributed by atoms with E-state index in [0.717, 1.165) is 40.0 Å². The molecule has 3 nitrogen and oxygen atoms in total. The molecule has 2 aromatic rings. The lowest BCUT2D eigenvalue weighted by molar-refractivity contribution is 0.409. The molecule has 2 rings (SSSR count). The van der Waals surface area contributed by atoms with Gasteiger partial charge in [0.05, 0.1) is 22.3 Å². The standard InChI is InChI=1S/C14H15Br2NO2/c1-18-14-12(15)7-10(8-13(14)16)9-17-5-4-11-3-2-6-19-11/h2-3,6-8,17H,4-5,9H2,1H3. The van der Waals surface area contributed by atoms with Gasteiger partial charge in [-0.05, 0) is 61.7 Å². The van der Waals surface area contributed by atoms with Gasteiger partial charge in [0.25, 0.3) is 0 Å². The van der Waals surface area contributed by atoms with Gasteiger partial charge in [-0.25, -0.2) is 0 Å². The van der Waals surface area contributed by atoms with Gasteiger partial charge in [-0.3, -0.25) is 0 Å². The van der Waals surface area contributed by atoms with Gasteiger partial charge in [0, 0.05) is 19.5 Å². The number of methoxy groups -OCH3 is 1. The minimum atomic E-state index is 0.807. The van der Waals surface area contributed by atoms with Crippen LogP contribution in [0, 0.1) is 0 Å². The molecule has 0 aliphatic heterocycles. The Morgan fingerprint density at radius 2 is 2.00 bits per heavy atom. The van der Waals surface area contributed by atoms with Gasteiger partial charge >= 0.3 is 0 Å². The van der Waals surface area contributed by atoms with E-state index in [1.165, 1.54) is 5.56 Å². The van der Waals surface area contributed by atoms with E-state index in [0.29, 0.717) is 0 Å². The number of halogens is 2. The van der Waals surface area contributed by atoms with Crippen molar-refractivity contribution in [3.63, 3.8) is 0 Å². The molecule has 1 aromatic carbocycles. The van der Waals surface area contributed by atoms with Crippen LogP contribution in [0.3, 0.4) is 0 Å². The van der Waals surface area contributed by atoms with Gasteiger partial charge in [-0.1, -0.05) is 0 Å². The molecule has 0 atom stereocenters. The van der Waals surface area contributed by atoms with Gasteiger partial charge in [0.2, 0.25) is 0 Å². The quantitative estimate of drug-likeness (QED) is 0.755. The van der Waals surface area contributed by atoms with E-state index in [-0.39, 0.29) is 0 Å². The van der Waals surface area contributed by atoms with Gasteiger partial charge in [0.15, 0.2) is 0 Å². The predicted octanol–water partition coefficient (Wildman–Crippen LogP) is 4.15. The smallest absolute Gasteiger partial charge is 0.147 e. The van der Waals surface area contributed by atoms with E-state index in [9.17, 15) is 0 Å². The van der Waals surface area contributed by atoms with E-state index in [4.69, 9.17) is 9.15 Å². The summed E-state index contributed by atoms with van der Waals surface area (Å²) in [6, 6.07) is 8.02. The Morgan fingerprint density at radius 1 is 1.26 bits per heavy atom. The van der Waals surface area contributed by atoms with Crippen LogP contribution in [0.1, 0.15) is 11.3 Å². The molecule has 1 aromatic heterocycles. The summed E-state index contributed by atoms with van der Waals surface area (Å²) in [5, 5.41) is 3.39. The van der Waals surface area contributed by atoms with Crippen molar-refractivity contribution in [2.45, 2.75) is 13.0 Å². The second-order valence-electron chi connectivity index (χ2n) is 4.10. The summed E-state index contributed by atoms with van der Waals surface area (Å²) < 4.78 is 12.5. The molecule has 0 aliphatic rings. The van der Waals surface area contributed by atoms with Crippen LogP contribution in [0.5, 0.6) is 5.75 Å². The summed E-state index contributed by atoms with van der Waals surface area (Å²) in [6.07, 6.45) is 2.60. The molecule has 0 spiro atoms. The van der Waals surface area contributed by atoms with Crippen molar-refractivity contribution < 1.29 is 9.15 Å². The number of rotatable bonds is 6. The maximum atomic E-state index is 5.28. The maximum Gasteiger partial charge on any atom is 0.147 e. The molecule has 1 N–H and O–H groups in total. The molecule has 0 aliphatic carbocycles. The van der Waals surface area contributed by atoms with Crippen molar-refractivity contribution >= 4 is 31.9 Å². The first-order valence-electron chi connectivity index (χ1n) is 5.95. The Balaban J connectivity index is 1.86. The first-order chi connectivity index (χ1) is 9.20. The zero-order valence-electron chi connectivity index (χ0n) is 10.6. The van der Waals surface area contributed by atoms with Crippen LogP contribution in [0.2, 0.25) is 0 Å². The summed E-state index contributed by atoms with van der Waals surface area (Å²) >= 11 is 7.00. The normalized spacial score (nSPS) is 10.7. The highest BCUT2D eigenvalue weighted by Crippen LogP contribution is 2.34. The van der Waals surface area contributed by atoms with Crippen LogP contribution in [-0.4, -0.2) is 13.7 Å². The summed E-state index contributed by atoms with van der Waals surface area (Å²) in [6.45, 7) is 1.69. The van der Waals surface area contributed by atoms with Crippen LogP contribution in [0.25, 0.3) is 0 Å². The minimum absolute atomic E-state index is 0.807. The summed E-state index contributed by atoms with van der Waals surface area (Å²) in [5.74, 6) is 1.82. The largest absolute Gasteiger partial charge is 0.494 e. The zero-order chi connectivity index (χ0) is 13.7. The Kier molecular flexibility index (Phi) is 5.48. The zero-order valence-corrected chi connectivity index (χ0v) is 13.8. The minimum Gasteiger partial charge on any atom is -0.494 e. The van der Waals surface area contributed by atoms with Crippen LogP contribution in [-0.2, 0) is 13.0 Å². The fraction of sp³-hybridized carbons (Fsp3) is 0.286. The van der Waals surface area contributed by atoms with Gasteiger partial charge < -0.3 is 14.5 Å². The van der Waals surface area contributed by atoms with E-state index in [1.807, 2.05) is 12.1 Å². The number of hydrogen-bond donors (Lipinski definition) is 1. The van der Waals surface area contributed by atoms with Crippen molar-refractivity contribution in [3.8, 4) is 5.75 Å². The molecule has 0 unspecified atom stereocenters. The maximum absolute atomic E-state index is 5.28. The highest BCUT2D eigenvalue weighted by molar-refractivity contribution is 9.11.